The smallest absolute Gasteiger partial charge is 0.311 e. The van der Waals surface area contributed by atoms with E-state index in [1.54, 1.807) is 24.3 Å². The van der Waals surface area contributed by atoms with Crippen LogP contribution in [0.25, 0.3) is 0 Å². The van der Waals surface area contributed by atoms with Gasteiger partial charge in [0.05, 0.1) is 25.1 Å². The highest BCUT2D eigenvalue weighted by Crippen LogP contribution is 2.33. The molecule has 0 fully saturated rings. The van der Waals surface area contributed by atoms with Crippen LogP contribution < -0.4 is 9.47 Å². The number of carboxylic acids is 1. The zero-order chi connectivity index (χ0) is 17.7. The maximum absolute atomic E-state index is 11.7. The first-order chi connectivity index (χ1) is 11.5. The minimum Gasteiger partial charge on any atom is -0.497 e. The molecule has 1 atom stereocenters. The Morgan fingerprint density at radius 1 is 1.21 bits per heavy atom. The number of methoxy groups -OCH3 is 2. The van der Waals surface area contributed by atoms with E-state index in [0.717, 1.165) is 0 Å². The molecule has 0 heterocycles. The van der Waals surface area contributed by atoms with E-state index in [9.17, 15) is 20.0 Å². The monoisotopic (exact) mass is 331 g/mol. The van der Waals surface area contributed by atoms with E-state index in [1.165, 1.54) is 32.4 Å². The number of ether oxygens (including phenoxy) is 2. The van der Waals surface area contributed by atoms with Crippen LogP contribution in [0, 0.1) is 10.1 Å². The second-order valence-electron chi connectivity index (χ2n) is 5.13. The molecule has 2 rings (SSSR count). The number of aliphatic carboxylic acids is 1. The fourth-order valence-corrected chi connectivity index (χ4v) is 2.47. The zero-order valence-electron chi connectivity index (χ0n) is 13.3. The number of nitro benzene ring substituents is 1. The average Bonchev–Trinajstić information content (AvgIpc) is 2.59. The van der Waals surface area contributed by atoms with Crippen molar-refractivity contribution in [1.29, 1.82) is 0 Å². The quantitative estimate of drug-likeness (QED) is 0.618. The summed E-state index contributed by atoms with van der Waals surface area (Å²) in [4.78, 5) is 22.1. The lowest BCUT2D eigenvalue weighted by Gasteiger charge is -2.17. The Kier molecular flexibility index (Phi) is 5.36. The van der Waals surface area contributed by atoms with Crippen LogP contribution >= 0.6 is 0 Å². The summed E-state index contributed by atoms with van der Waals surface area (Å²) in [6.45, 7) is 0. The highest BCUT2D eigenvalue weighted by Gasteiger charge is 2.25. The number of nitro groups is 1. The van der Waals surface area contributed by atoms with Crippen LogP contribution in [0.3, 0.4) is 0 Å². The first-order valence-electron chi connectivity index (χ1n) is 7.14. The summed E-state index contributed by atoms with van der Waals surface area (Å²) in [7, 11) is 2.96. The van der Waals surface area contributed by atoms with Crippen LogP contribution in [0.2, 0.25) is 0 Å². The van der Waals surface area contributed by atoms with Gasteiger partial charge in [0, 0.05) is 23.8 Å². The number of hydrogen-bond acceptors (Lipinski definition) is 5. The molecular formula is C17H17NO6. The lowest BCUT2D eigenvalue weighted by molar-refractivity contribution is -0.384. The summed E-state index contributed by atoms with van der Waals surface area (Å²) in [5, 5.41) is 20.5. The first-order valence-corrected chi connectivity index (χ1v) is 7.14. The number of hydrogen-bond donors (Lipinski definition) is 1. The van der Waals surface area contributed by atoms with Gasteiger partial charge < -0.3 is 14.6 Å². The van der Waals surface area contributed by atoms with E-state index in [0.29, 0.717) is 22.6 Å². The van der Waals surface area contributed by atoms with Crippen LogP contribution in [0.15, 0.2) is 42.5 Å². The van der Waals surface area contributed by atoms with E-state index in [2.05, 4.69) is 0 Å². The topological polar surface area (TPSA) is 98.9 Å². The van der Waals surface area contributed by atoms with Gasteiger partial charge in [0.15, 0.2) is 0 Å². The Balaban J connectivity index is 2.39. The summed E-state index contributed by atoms with van der Waals surface area (Å²) in [6.07, 6.45) is 0.111. The van der Waals surface area contributed by atoms with Gasteiger partial charge in [-0.3, -0.25) is 14.9 Å². The van der Waals surface area contributed by atoms with E-state index >= 15 is 0 Å². The van der Waals surface area contributed by atoms with Crippen LogP contribution in [-0.2, 0) is 11.2 Å². The Morgan fingerprint density at radius 3 is 2.54 bits per heavy atom. The van der Waals surface area contributed by atoms with Gasteiger partial charge in [-0.05, 0) is 18.1 Å². The van der Waals surface area contributed by atoms with Gasteiger partial charge in [-0.15, -0.1) is 0 Å². The Morgan fingerprint density at radius 2 is 1.96 bits per heavy atom. The SMILES string of the molecule is COc1ccc(C(Cc2cccc([N+](=O)[O-])c2)C(=O)O)c(OC)c1. The van der Waals surface area contributed by atoms with E-state index in [-0.39, 0.29) is 12.1 Å². The number of carboxylic acid groups (broad SMARTS) is 1. The fourth-order valence-electron chi connectivity index (χ4n) is 2.47. The van der Waals surface area contributed by atoms with Gasteiger partial charge in [0.1, 0.15) is 11.5 Å². The fraction of sp³-hybridized carbons (Fsp3) is 0.235. The number of non-ortho nitro benzene ring substituents is 1. The lowest BCUT2D eigenvalue weighted by atomic mass is 9.91. The van der Waals surface area contributed by atoms with Crippen molar-refractivity contribution in [3.8, 4) is 11.5 Å². The molecule has 2 aromatic carbocycles. The minimum atomic E-state index is -1.04. The maximum Gasteiger partial charge on any atom is 0.311 e. The number of benzene rings is 2. The molecule has 126 valence electrons. The molecule has 0 saturated heterocycles. The van der Waals surface area contributed by atoms with Crippen molar-refractivity contribution in [2.45, 2.75) is 12.3 Å². The predicted molar refractivity (Wildman–Crippen MR) is 86.7 cm³/mol. The van der Waals surface area contributed by atoms with Crippen molar-refractivity contribution < 1.29 is 24.3 Å². The highest BCUT2D eigenvalue weighted by molar-refractivity contribution is 5.78. The van der Waals surface area contributed by atoms with E-state index < -0.39 is 16.8 Å². The molecule has 7 nitrogen and oxygen atoms in total. The van der Waals surface area contributed by atoms with Gasteiger partial charge in [0.25, 0.3) is 5.69 Å². The number of rotatable bonds is 7. The molecule has 24 heavy (non-hydrogen) atoms. The van der Waals surface area contributed by atoms with Gasteiger partial charge >= 0.3 is 5.97 Å². The second-order valence-corrected chi connectivity index (χ2v) is 5.13. The molecule has 0 saturated carbocycles. The summed E-state index contributed by atoms with van der Waals surface area (Å²) in [5.74, 6) is -0.986. The molecule has 0 aliphatic rings. The summed E-state index contributed by atoms with van der Waals surface area (Å²) < 4.78 is 10.4. The van der Waals surface area contributed by atoms with Crippen LogP contribution in [0.1, 0.15) is 17.0 Å². The molecule has 0 radical (unpaired) electrons. The highest BCUT2D eigenvalue weighted by atomic mass is 16.6. The van der Waals surface area contributed by atoms with E-state index in [1.807, 2.05) is 0 Å². The van der Waals surface area contributed by atoms with Gasteiger partial charge in [0.2, 0.25) is 0 Å². The normalized spacial score (nSPS) is 11.6. The average molecular weight is 331 g/mol. The van der Waals surface area contributed by atoms with Crippen LogP contribution in [-0.4, -0.2) is 30.2 Å². The van der Waals surface area contributed by atoms with Crippen molar-refractivity contribution >= 4 is 11.7 Å². The Bertz CT molecular complexity index is 758. The number of carbonyl (C=O) groups is 1. The third-order valence-electron chi connectivity index (χ3n) is 3.68. The zero-order valence-corrected chi connectivity index (χ0v) is 13.3. The maximum atomic E-state index is 11.7. The van der Waals surface area contributed by atoms with Crippen molar-refractivity contribution in [3.63, 3.8) is 0 Å². The second kappa shape index (κ2) is 7.45. The first kappa shape index (κ1) is 17.3. The summed E-state index contributed by atoms with van der Waals surface area (Å²) in [6, 6.07) is 10.9. The standard InChI is InChI=1S/C17H17NO6/c1-23-13-6-7-14(16(10-13)24-2)15(17(19)20)9-11-4-3-5-12(8-11)18(21)22/h3-8,10,15H,9H2,1-2H3,(H,19,20). The molecule has 7 heteroatoms. The van der Waals surface area contributed by atoms with Crippen LogP contribution in [0.5, 0.6) is 11.5 Å². The Labute approximate surface area is 138 Å². The molecular weight excluding hydrogens is 314 g/mol. The molecule has 1 N–H and O–H groups in total. The van der Waals surface area contributed by atoms with Crippen molar-refractivity contribution in [2.24, 2.45) is 0 Å². The van der Waals surface area contributed by atoms with Gasteiger partial charge in [-0.25, -0.2) is 0 Å². The largest absolute Gasteiger partial charge is 0.497 e. The molecule has 0 aliphatic carbocycles. The predicted octanol–water partition coefficient (Wildman–Crippen LogP) is 3.02. The van der Waals surface area contributed by atoms with Crippen molar-refractivity contribution in [3.05, 3.63) is 63.7 Å². The Hall–Kier alpha value is -3.09. The third-order valence-corrected chi connectivity index (χ3v) is 3.68. The van der Waals surface area contributed by atoms with Crippen molar-refractivity contribution in [2.75, 3.05) is 14.2 Å². The third kappa shape index (κ3) is 3.81. The molecule has 2 aromatic rings. The molecule has 0 aromatic heterocycles. The summed E-state index contributed by atoms with van der Waals surface area (Å²) >= 11 is 0. The van der Waals surface area contributed by atoms with Gasteiger partial charge in [-0.1, -0.05) is 18.2 Å². The number of nitrogens with zero attached hydrogens (tertiary/aromatic N) is 1. The lowest BCUT2D eigenvalue weighted by Crippen LogP contribution is -2.15. The molecule has 0 amide bonds. The van der Waals surface area contributed by atoms with E-state index in [4.69, 9.17) is 9.47 Å². The molecule has 0 spiro atoms. The minimum absolute atomic E-state index is 0.0710. The van der Waals surface area contributed by atoms with Crippen molar-refractivity contribution in [1.82, 2.24) is 0 Å². The summed E-state index contributed by atoms with van der Waals surface area (Å²) in [5.41, 5.74) is 0.977. The molecule has 0 aliphatic heterocycles. The molecule has 1 unspecified atom stereocenters. The van der Waals surface area contributed by atoms with Gasteiger partial charge in [-0.2, -0.15) is 0 Å². The molecule has 0 bridgehead atoms. The van der Waals surface area contributed by atoms with Crippen LogP contribution in [0.4, 0.5) is 5.69 Å².